The van der Waals surface area contributed by atoms with E-state index in [1.807, 2.05) is 13.8 Å². The highest BCUT2D eigenvalue weighted by atomic mass is 16.6. The molecule has 2 fully saturated rings. The molecule has 1 saturated carbocycles. The number of hydrogen-bond donors (Lipinski definition) is 3. The first kappa shape index (κ1) is 29.3. The molecule has 36 heavy (non-hydrogen) atoms. The topological polar surface area (TPSA) is 142 Å². The predicted molar refractivity (Wildman–Crippen MR) is 133 cm³/mol. The van der Waals surface area contributed by atoms with E-state index in [4.69, 9.17) is 4.74 Å². The van der Waals surface area contributed by atoms with E-state index >= 15 is 0 Å². The zero-order chi connectivity index (χ0) is 27.8. The molecular formula is C26H41N3O7. The van der Waals surface area contributed by atoms with E-state index in [0.29, 0.717) is 13.0 Å². The van der Waals surface area contributed by atoms with Gasteiger partial charge in [-0.05, 0) is 56.3 Å². The highest BCUT2D eigenvalue weighted by molar-refractivity contribution is 6.35. The molecule has 2 unspecified atom stereocenters. The minimum atomic E-state index is -1.64. The summed E-state index contributed by atoms with van der Waals surface area (Å²) in [6.07, 6.45) is 1.22. The molecule has 3 amide bonds. The monoisotopic (exact) mass is 507 g/mol. The Morgan fingerprint density at radius 3 is 2.17 bits per heavy atom. The molecule has 10 heteroatoms. The number of likely N-dealkylation sites (tertiary alicyclic amines) is 1. The van der Waals surface area contributed by atoms with E-state index < -0.39 is 58.8 Å². The van der Waals surface area contributed by atoms with Gasteiger partial charge in [-0.25, -0.2) is 9.59 Å². The average Bonchev–Trinajstić information content (AvgIpc) is 3.07. The largest absolute Gasteiger partial charge is 0.475 e. The molecule has 2 rings (SSSR count). The number of carboxylic acids is 1. The molecule has 5 atom stereocenters. The van der Waals surface area contributed by atoms with Gasteiger partial charge in [0.2, 0.25) is 11.8 Å². The summed E-state index contributed by atoms with van der Waals surface area (Å²) in [5, 5.41) is 14.5. The van der Waals surface area contributed by atoms with Gasteiger partial charge in [-0.3, -0.25) is 14.4 Å². The van der Waals surface area contributed by atoms with Crippen LogP contribution in [0.4, 0.5) is 4.79 Å². The molecule has 1 aliphatic carbocycles. The molecule has 202 valence electrons. The van der Waals surface area contributed by atoms with Gasteiger partial charge in [0.15, 0.2) is 0 Å². The summed E-state index contributed by atoms with van der Waals surface area (Å²) in [7, 11) is 0. The van der Waals surface area contributed by atoms with Crippen molar-refractivity contribution in [2.24, 2.45) is 22.7 Å². The third kappa shape index (κ3) is 6.44. The van der Waals surface area contributed by atoms with Gasteiger partial charge in [0.25, 0.3) is 5.78 Å². The van der Waals surface area contributed by atoms with Gasteiger partial charge in [-0.1, -0.05) is 40.7 Å². The Morgan fingerprint density at radius 1 is 1.11 bits per heavy atom. The van der Waals surface area contributed by atoms with Crippen molar-refractivity contribution in [2.75, 3.05) is 6.54 Å². The number of Topliss-reactive ketones (excluding diaryl/α,β-unsaturated/α-hetero) is 1. The molecule has 10 nitrogen and oxygen atoms in total. The van der Waals surface area contributed by atoms with Crippen LogP contribution in [0.5, 0.6) is 0 Å². The lowest BCUT2D eigenvalue weighted by atomic mass is 9.85. The van der Waals surface area contributed by atoms with Crippen molar-refractivity contribution in [3.05, 3.63) is 12.7 Å². The second-order valence-electron chi connectivity index (χ2n) is 12.4. The fourth-order valence-corrected chi connectivity index (χ4v) is 5.01. The molecular weight excluding hydrogens is 466 g/mol. The van der Waals surface area contributed by atoms with Crippen LogP contribution < -0.4 is 10.6 Å². The third-order valence-corrected chi connectivity index (χ3v) is 7.04. The van der Waals surface area contributed by atoms with Crippen molar-refractivity contribution < 1.29 is 33.8 Å². The van der Waals surface area contributed by atoms with Crippen LogP contribution >= 0.6 is 0 Å². The first-order chi connectivity index (χ1) is 16.3. The zero-order valence-electron chi connectivity index (χ0n) is 22.6. The summed E-state index contributed by atoms with van der Waals surface area (Å²) < 4.78 is 5.35. The van der Waals surface area contributed by atoms with Gasteiger partial charge in [-0.2, -0.15) is 0 Å². The standard InChI is InChI=1S/C26H41N3O7/c1-10-11-12-15(18(30)22(33)34)27-20(31)17-16-14(26(16,8)9)13-29(17)21(32)19(24(2,3)4)28-23(35)36-25(5,6)7/h10,14-17,19H,1,11-13H2,2-9H3,(H,27,31)(H,28,35)(H,33,34)/t14-,15?,16-,17-,19?/m0/s1. The number of rotatable bonds is 9. The molecule has 0 aromatic heterocycles. The minimum Gasteiger partial charge on any atom is -0.475 e. The van der Waals surface area contributed by atoms with Crippen molar-refractivity contribution in [3.63, 3.8) is 0 Å². The number of ether oxygens (including phenoxy) is 1. The summed E-state index contributed by atoms with van der Waals surface area (Å²) in [6.45, 7) is 18.5. The molecule has 0 bridgehead atoms. The van der Waals surface area contributed by atoms with E-state index in [1.165, 1.54) is 11.0 Å². The lowest BCUT2D eigenvalue weighted by Gasteiger charge is -2.38. The van der Waals surface area contributed by atoms with Crippen LogP contribution in [-0.2, 0) is 23.9 Å². The number of fused-ring (bicyclic) bond motifs is 1. The number of carbonyl (C=O) groups excluding carboxylic acids is 4. The Bertz CT molecular complexity index is 929. The number of ketones is 1. The van der Waals surface area contributed by atoms with Gasteiger partial charge in [0.05, 0.1) is 6.04 Å². The van der Waals surface area contributed by atoms with Crippen LogP contribution in [0.3, 0.4) is 0 Å². The Morgan fingerprint density at radius 2 is 1.69 bits per heavy atom. The number of piperidine rings is 1. The van der Waals surface area contributed by atoms with Crippen LogP contribution in [0.25, 0.3) is 0 Å². The van der Waals surface area contributed by atoms with Crippen molar-refractivity contribution in [1.82, 2.24) is 15.5 Å². The van der Waals surface area contributed by atoms with Crippen LogP contribution in [0.1, 0.15) is 68.2 Å². The van der Waals surface area contributed by atoms with Gasteiger partial charge in [0.1, 0.15) is 17.7 Å². The Hall–Kier alpha value is -2.91. The van der Waals surface area contributed by atoms with E-state index in [0.717, 1.165) is 0 Å². The normalized spacial score (nSPS) is 24.1. The Balaban J connectivity index is 2.32. The second kappa shape index (κ2) is 10.2. The predicted octanol–water partition coefficient (Wildman–Crippen LogP) is 2.51. The first-order valence-electron chi connectivity index (χ1n) is 12.3. The summed E-state index contributed by atoms with van der Waals surface area (Å²) in [5.74, 6) is -3.84. The number of hydrogen-bond acceptors (Lipinski definition) is 6. The highest BCUT2D eigenvalue weighted by Gasteiger charge is 2.69. The number of alkyl carbamates (subject to hydrolysis) is 1. The number of carbonyl (C=O) groups is 5. The Labute approximate surface area is 213 Å². The number of aliphatic carboxylic acids is 1. The SMILES string of the molecule is C=CCCC(NC(=O)[C@@H]1[C@@H]2[C@H](CN1C(=O)C(NC(=O)OC(C)(C)C)C(C)(C)C)C2(C)C)C(=O)C(=O)O. The van der Waals surface area contributed by atoms with Crippen molar-refractivity contribution in [1.29, 1.82) is 0 Å². The molecule has 1 heterocycles. The maximum atomic E-state index is 13.8. The summed E-state index contributed by atoms with van der Waals surface area (Å²) >= 11 is 0. The number of carboxylic acid groups (broad SMARTS) is 1. The summed E-state index contributed by atoms with van der Waals surface area (Å²) in [5.41, 5.74) is -1.64. The molecule has 2 aliphatic rings. The lowest BCUT2D eigenvalue weighted by molar-refractivity contribution is -0.151. The van der Waals surface area contributed by atoms with Crippen molar-refractivity contribution in [3.8, 4) is 0 Å². The van der Waals surface area contributed by atoms with Crippen molar-refractivity contribution in [2.45, 2.75) is 92.0 Å². The number of nitrogens with one attached hydrogen (secondary N) is 2. The quantitative estimate of drug-likeness (QED) is 0.321. The molecule has 3 N–H and O–H groups in total. The number of allylic oxidation sites excluding steroid dienone is 1. The highest BCUT2D eigenvalue weighted by Crippen LogP contribution is 2.65. The maximum absolute atomic E-state index is 13.8. The van der Waals surface area contributed by atoms with Gasteiger partial charge >= 0.3 is 12.1 Å². The number of nitrogens with zero attached hydrogens (tertiary/aromatic N) is 1. The first-order valence-corrected chi connectivity index (χ1v) is 12.3. The molecule has 0 aromatic carbocycles. The van der Waals surface area contributed by atoms with Gasteiger partial charge < -0.3 is 25.4 Å². The van der Waals surface area contributed by atoms with E-state index in [2.05, 4.69) is 17.2 Å². The zero-order valence-corrected chi connectivity index (χ0v) is 22.6. The summed E-state index contributed by atoms with van der Waals surface area (Å²) in [6, 6.07) is -3.10. The Kier molecular flexibility index (Phi) is 8.32. The van der Waals surface area contributed by atoms with Gasteiger partial charge in [-0.15, -0.1) is 6.58 Å². The van der Waals surface area contributed by atoms with E-state index in [-0.39, 0.29) is 23.7 Å². The fraction of sp³-hybridized carbons (Fsp3) is 0.731. The average molecular weight is 508 g/mol. The molecule has 0 aromatic rings. The lowest BCUT2D eigenvalue weighted by Crippen LogP contribution is -2.60. The second-order valence-corrected chi connectivity index (χ2v) is 12.4. The smallest absolute Gasteiger partial charge is 0.408 e. The van der Waals surface area contributed by atoms with Crippen molar-refractivity contribution >= 4 is 29.7 Å². The maximum Gasteiger partial charge on any atom is 0.408 e. The minimum absolute atomic E-state index is 0.0705. The fourth-order valence-electron chi connectivity index (χ4n) is 5.01. The van der Waals surface area contributed by atoms with Gasteiger partial charge in [0, 0.05) is 6.54 Å². The third-order valence-electron chi connectivity index (χ3n) is 7.04. The van der Waals surface area contributed by atoms with Crippen LogP contribution in [0.15, 0.2) is 12.7 Å². The van der Waals surface area contributed by atoms with Crippen LogP contribution in [0, 0.1) is 22.7 Å². The summed E-state index contributed by atoms with van der Waals surface area (Å²) in [4.78, 5) is 64.8. The van der Waals surface area contributed by atoms with E-state index in [1.54, 1.807) is 41.5 Å². The number of amides is 3. The van der Waals surface area contributed by atoms with Crippen LogP contribution in [0.2, 0.25) is 0 Å². The molecule has 0 spiro atoms. The molecule has 1 aliphatic heterocycles. The molecule has 1 saturated heterocycles. The van der Waals surface area contributed by atoms with E-state index in [9.17, 15) is 29.1 Å². The van der Waals surface area contributed by atoms with Crippen LogP contribution in [-0.4, -0.2) is 69.9 Å². The molecule has 0 radical (unpaired) electrons.